The molecular weight excluding hydrogens is 220 g/mol. The van der Waals surface area contributed by atoms with E-state index >= 15 is 0 Å². The number of aliphatic hydroxyl groups is 1. The molecule has 0 aliphatic carbocycles. The quantitative estimate of drug-likeness (QED) is 0.767. The third-order valence-corrected chi connectivity index (χ3v) is 2.80. The van der Waals surface area contributed by atoms with E-state index < -0.39 is 0 Å². The first-order valence-corrected chi connectivity index (χ1v) is 5.38. The molecule has 2 aromatic rings. The van der Waals surface area contributed by atoms with Gasteiger partial charge in [0.1, 0.15) is 17.9 Å². The lowest BCUT2D eigenvalue weighted by atomic mass is 10.4. The van der Waals surface area contributed by atoms with Crippen molar-refractivity contribution < 1.29 is 9.84 Å². The summed E-state index contributed by atoms with van der Waals surface area (Å²) in [4.78, 5) is 12.6. The fourth-order valence-electron chi connectivity index (χ4n) is 1.91. The maximum absolute atomic E-state index is 9.01. The van der Waals surface area contributed by atoms with Crippen molar-refractivity contribution in [2.24, 2.45) is 0 Å². The van der Waals surface area contributed by atoms with Gasteiger partial charge in [-0.2, -0.15) is 0 Å². The Balaban J connectivity index is 2.02. The summed E-state index contributed by atoms with van der Waals surface area (Å²) < 4.78 is 7.43. The monoisotopic (exact) mass is 232 g/mol. The van der Waals surface area contributed by atoms with Gasteiger partial charge in [-0.05, 0) is 13.0 Å². The number of rotatable bonds is 2. The van der Waals surface area contributed by atoms with Gasteiger partial charge in [0.2, 0.25) is 0 Å². The lowest BCUT2D eigenvalue weighted by molar-refractivity contribution is -0.00639. The highest BCUT2D eigenvalue weighted by Crippen LogP contribution is 2.24. The Morgan fingerprint density at radius 2 is 2.24 bits per heavy atom. The molecule has 1 aliphatic rings. The second-order valence-electron chi connectivity index (χ2n) is 3.92. The number of aromatic nitrogens is 4. The number of hydrogen-bond acceptors (Lipinski definition) is 5. The number of nitrogens with zero attached hydrogens (tertiary/aromatic N) is 4. The van der Waals surface area contributed by atoms with E-state index in [0.717, 1.165) is 16.9 Å². The molecule has 1 aliphatic heterocycles. The van der Waals surface area contributed by atoms with E-state index in [1.165, 1.54) is 6.33 Å². The molecule has 3 heterocycles. The normalized spacial score (nSPS) is 23.6. The molecule has 88 valence electrons. The van der Waals surface area contributed by atoms with Crippen LogP contribution < -0.4 is 0 Å². The number of aliphatic hydroxyl groups excluding tert-OH is 1. The number of aryl methyl sites for hydroxylation is 1. The Morgan fingerprint density at radius 3 is 3.00 bits per heavy atom. The highest BCUT2D eigenvalue weighted by molar-refractivity contribution is 5.72. The minimum atomic E-state index is -0.258. The molecule has 0 amide bonds. The van der Waals surface area contributed by atoms with E-state index in [-0.39, 0.29) is 18.9 Å². The zero-order valence-electron chi connectivity index (χ0n) is 9.32. The fraction of sp³-hybridized carbons (Fsp3) is 0.364. The largest absolute Gasteiger partial charge is 0.393 e. The molecule has 0 saturated carbocycles. The minimum absolute atomic E-state index is 0.0202. The van der Waals surface area contributed by atoms with Crippen LogP contribution in [0.25, 0.3) is 11.2 Å². The molecule has 6 nitrogen and oxygen atoms in total. The van der Waals surface area contributed by atoms with Crippen LogP contribution >= 0.6 is 0 Å². The molecule has 0 radical (unpaired) electrons. The Labute approximate surface area is 97.6 Å². The molecule has 6 heteroatoms. The standard InChI is InChI=1S/C11H12N4O2/c1-7-10-11(13-5-12-7)15(6-14-10)9-3-2-8(4-16)17-9/h2-3,5-6,8-9,16H,4H2,1H3. The van der Waals surface area contributed by atoms with Gasteiger partial charge in [0.05, 0.1) is 18.6 Å². The lowest BCUT2D eigenvalue weighted by Gasteiger charge is -2.13. The first-order chi connectivity index (χ1) is 8.29. The number of fused-ring (bicyclic) bond motifs is 1. The van der Waals surface area contributed by atoms with Crippen LogP contribution in [-0.4, -0.2) is 37.3 Å². The SMILES string of the molecule is Cc1ncnc2c1ncn2C1C=CC(CO)O1. The predicted molar refractivity (Wildman–Crippen MR) is 60.2 cm³/mol. The third kappa shape index (κ3) is 1.62. The number of hydrogen-bond donors (Lipinski definition) is 1. The van der Waals surface area contributed by atoms with Gasteiger partial charge in [0, 0.05) is 0 Å². The molecule has 2 aromatic heterocycles. The summed E-state index contributed by atoms with van der Waals surface area (Å²) in [5.74, 6) is 0. The van der Waals surface area contributed by atoms with Crippen molar-refractivity contribution in [3.05, 3.63) is 30.5 Å². The minimum Gasteiger partial charge on any atom is -0.393 e. The molecule has 2 atom stereocenters. The molecule has 1 N–H and O–H groups in total. The zero-order valence-corrected chi connectivity index (χ0v) is 9.32. The lowest BCUT2D eigenvalue weighted by Crippen LogP contribution is -2.15. The molecule has 0 spiro atoms. The molecule has 0 aromatic carbocycles. The van der Waals surface area contributed by atoms with Gasteiger partial charge < -0.3 is 9.84 Å². The second kappa shape index (κ2) is 3.90. The zero-order chi connectivity index (χ0) is 11.8. The van der Waals surface area contributed by atoms with Crippen LogP contribution in [0.4, 0.5) is 0 Å². The topological polar surface area (TPSA) is 73.1 Å². The van der Waals surface area contributed by atoms with E-state index in [0.29, 0.717) is 0 Å². The third-order valence-electron chi connectivity index (χ3n) is 2.80. The van der Waals surface area contributed by atoms with E-state index in [2.05, 4.69) is 15.0 Å². The van der Waals surface area contributed by atoms with Crippen molar-refractivity contribution in [2.75, 3.05) is 6.61 Å². The van der Waals surface area contributed by atoms with Crippen LogP contribution in [-0.2, 0) is 4.74 Å². The summed E-state index contributed by atoms with van der Waals surface area (Å²) in [6, 6.07) is 0. The first-order valence-electron chi connectivity index (χ1n) is 5.38. The predicted octanol–water partition coefficient (Wildman–Crippen LogP) is 0.581. The highest BCUT2D eigenvalue weighted by atomic mass is 16.5. The van der Waals surface area contributed by atoms with Crippen molar-refractivity contribution in [3.8, 4) is 0 Å². The van der Waals surface area contributed by atoms with Gasteiger partial charge in [-0.15, -0.1) is 0 Å². The summed E-state index contributed by atoms with van der Waals surface area (Å²) in [5, 5.41) is 9.01. The Morgan fingerprint density at radius 1 is 1.35 bits per heavy atom. The molecule has 0 saturated heterocycles. The van der Waals surface area contributed by atoms with E-state index in [4.69, 9.17) is 9.84 Å². The van der Waals surface area contributed by atoms with Crippen molar-refractivity contribution in [3.63, 3.8) is 0 Å². The van der Waals surface area contributed by atoms with Crippen molar-refractivity contribution in [1.82, 2.24) is 19.5 Å². The van der Waals surface area contributed by atoms with Gasteiger partial charge in [0.25, 0.3) is 0 Å². The highest BCUT2D eigenvalue weighted by Gasteiger charge is 2.22. The van der Waals surface area contributed by atoms with Gasteiger partial charge in [-0.25, -0.2) is 15.0 Å². The average Bonchev–Trinajstić information content (AvgIpc) is 2.94. The molecule has 17 heavy (non-hydrogen) atoms. The van der Waals surface area contributed by atoms with Crippen LogP contribution in [0.5, 0.6) is 0 Å². The maximum Gasteiger partial charge on any atom is 0.165 e. The van der Waals surface area contributed by atoms with Gasteiger partial charge >= 0.3 is 0 Å². The Bertz CT molecular complexity index is 578. The fourth-order valence-corrected chi connectivity index (χ4v) is 1.91. The van der Waals surface area contributed by atoms with Crippen molar-refractivity contribution in [1.29, 1.82) is 0 Å². The van der Waals surface area contributed by atoms with Crippen LogP contribution in [0.1, 0.15) is 11.9 Å². The summed E-state index contributed by atoms with van der Waals surface area (Å²) in [6.07, 6.45) is 6.41. The number of ether oxygens (including phenoxy) is 1. The van der Waals surface area contributed by atoms with Crippen LogP contribution in [0.2, 0.25) is 0 Å². The Kier molecular flexibility index (Phi) is 2.38. The average molecular weight is 232 g/mol. The van der Waals surface area contributed by atoms with Crippen LogP contribution in [0.3, 0.4) is 0 Å². The van der Waals surface area contributed by atoms with E-state index in [1.54, 1.807) is 6.33 Å². The van der Waals surface area contributed by atoms with E-state index in [1.807, 2.05) is 23.6 Å². The molecule has 3 rings (SSSR count). The van der Waals surface area contributed by atoms with Crippen molar-refractivity contribution >= 4 is 11.2 Å². The molecule has 2 unspecified atom stereocenters. The molecule has 0 fully saturated rings. The Hall–Kier alpha value is -1.79. The molecular formula is C11H12N4O2. The first kappa shape index (κ1) is 10.4. The van der Waals surface area contributed by atoms with Crippen molar-refractivity contribution in [2.45, 2.75) is 19.3 Å². The van der Waals surface area contributed by atoms with E-state index in [9.17, 15) is 0 Å². The summed E-state index contributed by atoms with van der Waals surface area (Å²) >= 11 is 0. The van der Waals surface area contributed by atoms with Gasteiger partial charge in [-0.1, -0.05) is 6.08 Å². The van der Waals surface area contributed by atoms with Gasteiger partial charge in [-0.3, -0.25) is 4.57 Å². The number of imidazole rings is 1. The van der Waals surface area contributed by atoms with Crippen LogP contribution in [0.15, 0.2) is 24.8 Å². The molecule has 0 bridgehead atoms. The van der Waals surface area contributed by atoms with Crippen LogP contribution in [0, 0.1) is 6.92 Å². The summed E-state index contributed by atoms with van der Waals surface area (Å²) in [7, 11) is 0. The van der Waals surface area contributed by atoms with Gasteiger partial charge in [0.15, 0.2) is 11.9 Å². The smallest absolute Gasteiger partial charge is 0.165 e. The maximum atomic E-state index is 9.01. The second-order valence-corrected chi connectivity index (χ2v) is 3.92. The summed E-state index contributed by atoms with van der Waals surface area (Å²) in [6.45, 7) is 1.87. The summed E-state index contributed by atoms with van der Waals surface area (Å²) in [5.41, 5.74) is 2.36.